The number of nitrogens with two attached hydrogens (primary N) is 1. The van der Waals surface area contributed by atoms with Crippen molar-refractivity contribution in [2.75, 3.05) is 6.26 Å². The molecule has 0 fully saturated rings. The van der Waals surface area contributed by atoms with Crippen LogP contribution in [0.25, 0.3) is 0 Å². The van der Waals surface area contributed by atoms with Crippen molar-refractivity contribution < 1.29 is 4.74 Å². The zero-order chi connectivity index (χ0) is 14.5. The highest BCUT2D eigenvalue weighted by Crippen LogP contribution is 2.29. The van der Waals surface area contributed by atoms with Crippen LogP contribution in [-0.4, -0.2) is 11.2 Å². The molecule has 2 aromatic rings. The standard InChI is InChI=1S/C15H14BrNOS2/c1-20-13-8-4-7-12(14(13)15(17)19)18-9-10-5-2-3-6-11(10)16/h2-8H,9H2,1H3,(H2,17,19). The molecular formula is C15H14BrNOS2. The summed E-state index contributed by atoms with van der Waals surface area (Å²) in [5.74, 6) is 0.722. The molecule has 0 saturated heterocycles. The lowest BCUT2D eigenvalue weighted by atomic mass is 10.2. The second-order valence-corrected chi connectivity index (χ2v) is 6.22. The highest BCUT2D eigenvalue weighted by molar-refractivity contribution is 9.10. The summed E-state index contributed by atoms with van der Waals surface area (Å²) in [5.41, 5.74) is 7.71. The number of thiocarbonyl (C=S) groups is 1. The average molecular weight is 368 g/mol. The average Bonchev–Trinajstić information content (AvgIpc) is 2.45. The Morgan fingerprint density at radius 3 is 2.65 bits per heavy atom. The Bertz CT molecular complexity index is 631. The SMILES string of the molecule is CSc1cccc(OCc2ccccc2Br)c1C(N)=S. The number of rotatable bonds is 5. The fourth-order valence-corrected chi connectivity index (χ4v) is 3.12. The minimum atomic E-state index is 0.358. The molecule has 2 N–H and O–H groups in total. The number of benzene rings is 2. The third-order valence-electron chi connectivity index (χ3n) is 2.80. The van der Waals surface area contributed by atoms with Gasteiger partial charge < -0.3 is 10.5 Å². The summed E-state index contributed by atoms with van der Waals surface area (Å²) < 4.78 is 6.92. The summed E-state index contributed by atoms with van der Waals surface area (Å²) in [4.78, 5) is 1.39. The van der Waals surface area contributed by atoms with Crippen molar-refractivity contribution >= 4 is 44.9 Å². The highest BCUT2D eigenvalue weighted by Gasteiger charge is 2.12. The van der Waals surface area contributed by atoms with Crippen LogP contribution in [0.15, 0.2) is 51.8 Å². The van der Waals surface area contributed by atoms with Gasteiger partial charge in [0.05, 0.1) is 5.56 Å². The minimum absolute atomic E-state index is 0.358. The molecule has 104 valence electrons. The van der Waals surface area contributed by atoms with Gasteiger partial charge in [0, 0.05) is 14.9 Å². The molecule has 0 aliphatic heterocycles. The van der Waals surface area contributed by atoms with Gasteiger partial charge in [-0.1, -0.05) is 52.4 Å². The van der Waals surface area contributed by atoms with Crippen molar-refractivity contribution in [2.45, 2.75) is 11.5 Å². The molecule has 0 aliphatic rings. The van der Waals surface area contributed by atoms with E-state index in [1.165, 1.54) is 0 Å². The van der Waals surface area contributed by atoms with Gasteiger partial charge in [-0.25, -0.2) is 0 Å². The van der Waals surface area contributed by atoms with Gasteiger partial charge in [-0.15, -0.1) is 11.8 Å². The summed E-state index contributed by atoms with van der Waals surface area (Å²) in [6.07, 6.45) is 1.99. The lowest BCUT2D eigenvalue weighted by molar-refractivity contribution is 0.304. The maximum atomic E-state index is 5.90. The first-order valence-electron chi connectivity index (χ1n) is 5.96. The van der Waals surface area contributed by atoms with Crippen LogP contribution in [0.4, 0.5) is 0 Å². The smallest absolute Gasteiger partial charge is 0.131 e. The summed E-state index contributed by atoms with van der Waals surface area (Å²) in [6, 6.07) is 13.8. The second kappa shape index (κ2) is 7.11. The highest BCUT2D eigenvalue weighted by atomic mass is 79.9. The maximum Gasteiger partial charge on any atom is 0.131 e. The van der Waals surface area contributed by atoms with Gasteiger partial charge in [0.2, 0.25) is 0 Å². The first kappa shape index (κ1) is 15.4. The Hall–Kier alpha value is -1.04. The first-order chi connectivity index (χ1) is 9.63. The molecule has 0 heterocycles. The van der Waals surface area contributed by atoms with Crippen LogP contribution in [0, 0.1) is 0 Å². The zero-order valence-corrected chi connectivity index (χ0v) is 14.1. The van der Waals surface area contributed by atoms with Crippen molar-refractivity contribution in [1.29, 1.82) is 0 Å². The summed E-state index contributed by atoms with van der Waals surface area (Å²) in [5, 5.41) is 0. The molecule has 0 atom stereocenters. The maximum absolute atomic E-state index is 5.90. The molecule has 20 heavy (non-hydrogen) atoms. The quantitative estimate of drug-likeness (QED) is 0.627. The number of ether oxygens (including phenoxy) is 1. The van der Waals surface area contributed by atoms with E-state index in [1.807, 2.05) is 48.7 Å². The topological polar surface area (TPSA) is 35.2 Å². The molecule has 0 aliphatic carbocycles. The molecule has 0 saturated carbocycles. The molecule has 0 bridgehead atoms. The fourth-order valence-electron chi connectivity index (χ4n) is 1.82. The summed E-state index contributed by atoms with van der Waals surface area (Å²) in [7, 11) is 0. The van der Waals surface area contributed by atoms with Crippen molar-refractivity contribution in [1.82, 2.24) is 0 Å². The number of hydrogen-bond acceptors (Lipinski definition) is 3. The van der Waals surface area contributed by atoms with Crippen LogP contribution in [-0.2, 0) is 6.61 Å². The largest absolute Gasteiger partial charge is 0.488 e. The summed E-state index contributed by atoms with van der Waals surface area (Å²) in [6.45, 7) is 0.467. The number of thioether (sulfide) groups is 1. The van der Waals surface area contributed by atoms with Crippen molar-refractivity contribution in [3.63, 3.8) is 0 Å². The van der Waals surface area contributed by atoms with Crippen LogP contribution in [0.1, 0.15) is 11.1 Å². The van der Waals surface area contributed by atoms with E-state index >= 15 is 0 Å². The molecule has 2 nitrogen and oxygen atoms in total. The molecule has 0 unspecified atom stereocenters. The van der Waals surface area contributed by atoms with Gasteiger partial charge in [0.1, 0.15) is 17.3 Å². The molecule has 5 heteroatoms. The monoisotopic (exact) mass is 367 g/mol. The minimum Gasteiger partial charge on any atom is -0.488 e. The number of halogens is 1. The van der Waals surface area contributed by atoms with E-state index in [0.717, 1.165) is 26.2 Å². The Morgan fingerprint density at radius 2 is 2.00 bits per heavy atom. The van der Waals surface area contributed by atoms with Crippen LogP contribution in [0.2, 0.25) is 0 Å². The Labute approximate surface area is 136 Å². The molecule has 0 amide bonds. The molecular weight excluding hydrogens is 354 g/mol. The molecule has 2 aromatic carbocycles. The van der Waals surface area contributed by atoms with E-state index in [4.69, 9.17) is 22.7 Å². The first-order valence-corrected chi connectivity index (χ1v) is 8.39. The van der Waals surface area contributed by atoms with Gasteiger partial charge in [0.25, 0.3) is 0 Å². The predicted octanol–water partition coefficient (Wildman–Crippen LogP) is 4.38. The van der Waals surface area contributed by atoms with E-state index in [0.29, 0.717) is 11.6 Å². The van der Waals surface area contributed by atoms with Crippen LogP contribution in [0.5, 0.6) is 5.75 Å². The number of hydrogen-bond donors (Lipinski definition) is 1. The van der Waals surface area contributed by atoms with Crippen molar-refractivity contribution in [2.24, 2.45) is 5.73 Å². The van der Waals surface area contributed by atoms with E-state index in [2.05, 4.69) is 15.9 Å². The molecule has 0 spiro atoms. The van der Waals surface area contributed by atoms with Gasteiger partial charge >= 0.3 is 0 Å². The second-order valence-electron chi connectivity index (χ2n) is 4.08. The lowest BCUT2D eigenvalue weighted by Crippen LogP contribution is -2.13. The zero-order valence-electron chi connectivity index (χ0n) is 10.9. The van der Waals surface area contributed by atoms with Crippen LogP contribution in [0.3, 0.4) is 0 Å². The third-order valence-corrected chi connectivity index (χ3v) is 4.55. The predicted molar refractivity (Wildman–Crippen MR) is 92.6 cm³/mol. The van der Waals surface area contributed by atoms with Gasteiger partial charge in [-0.05, 0) is 24.5 Å². The van der Waals surface area contributed by atoms with E-state index in [1.54, 1.807) is 11.8 Å². The van der Waals surface area contributed by atoms with E-state index in [9.17, 15) is 0 Å². The Kier molecular flexibility index (Phi) is 5.46. The van der Waals surface area contributed by atoms with Gasteiger partial charge in [0.15, 0.2) is 0 Å². The van der Waals surface area contributed by atoms with Gasteiger partial charge in [-0.3, -0.25) is 0 Å². The van der Waals surface area contributed by atoms with E-state index < -0.39 is 0 Å². The lowest BCUT2D eigenvalue weighted by Gasteiger charge is -2.14. The molecule has 0 radical (unpaired) electrons. The van der Waals surface area contributed by atoms with Gasteiger partial charge in [-0.2, -0.15) is 0 Å². The van der Waals surface area contributed by atoms with Crippen LogP contribution < -0.4 is 10.5 Å². The Balaban J connectivity index is 2.26. The summed E-state index contributed by atoms with van der Waals surface area (Å²) >= 11 is 10.3. The van der Waals surface area contributed by atoms with Crippen LogP contribution >= 0.6 is 39.9 Å². The van der Waals surface area contributed by atoms with Crippen molar-refractivity contribution in [3.8, 4) is 5.75 Å². The molecule has 2 rings (SSSR count). The third kappa shape index (κ3) is 3.53. The van der Waals surface area contributed by atoms with E-state index in [-0.39, 0.29) is 0 Å². The van der Waals surface area contributed by atoms with Crippen molar-refractivity contribution in [3.05, 3.63) is 58.1 Å². The fraction of sp³-hybridized carbons (Fsp3) is 0.133. The molecule has 0 aromatic heterocycles. The normalized spacial score (nSPS) is 10.3. The Morgan fingerprint density at radius 1 is 1.25 bits per heavy atom.